The normalized spacial score (nSPS) is 18.7. The van der Waals surface area contributed by atoms with Crippen molar-refractivity contribution in [2.75, 3.05) is 26.2 Å². The van der Waals surface area contributed by atoms with Crippen molar-refractivity contribution in [3.05, 3.63) is 40.2 Å². The molecule has 0 radical (unpaired) electrons. The number of fused-ring (bicyclic) bond motifs is 1. The Balaban J connectivity index is 1.22. The molecule has 0 N–H and O–H groups in total. The molecule has 1 aromatic carbocycles. The summed E-state index contributed by atoms with van der Waals surface area (Å²) in [6, 6.07) is 7.40. The Labute approximate surface area is 180 Å². The van der Waals surface area contributed by atoms with E-state index in [9.17, 15) is 4.79 Å². The second-order valence-electron chi connectivity index (χ2n) is 9.17. The van der Waals surface area contributed by atoms with E-state index in [-0.39, 0.29) is 5.43 Å². The number of ether oxygens (including phenoxy) is 1. The first-order valence-electron chi connectivity index (χ1n) is 12.2. The lowest BCUT2D eigenvalue weighted by Gasteiger charge is -2.26. The molecule has 2 fully saturated rings. The molecule has 4 heteroatoms. The molecule has 2 aromatic rings. The average Bonchev–Trinajstić information content (AvgIpc) is 2.80. The van der Waals surface area contributed by atoms with Gasteiger partial charge in [-0.15, -0.1) is 0 Å². The molecule has 164 valence electrons. The minimum Gasteiger partial charge on any atom is -0.494 e. The fourth-order valence-corrected chi connectivity index (χ4v) is 5.00. The zero-order valence-electron chi connectivity index (χ0n) is 18.4. The Hall–Kier alpha value is -1.81. The van der Waals surface area contributed by atoms with E-state index in [0.29, 0.717) is 23.5 Å². The topological polar surface area (TPSA) is 42.7 Å². The second-order valence-corrected chi connectivity index (χ2v) is 9.17. The van der Waals surface area contributed by atoms with Crippen molar-refractivity contribution in [3.8, 4) is 5.75 Å². The minimum absolute atomic E-state index is 0.0555. The quantitative estimate of drug-likeness (QED) is 0.456. The van der Waals surface area contributed by atoms with Gasteiger partial charge < -0.3 is 14.1 Å². The van der Waals surface area contributed by atoms with Crippen LogP contribution in [0.1, 0.15) is 88.7 Å². The summed E-state index contributed by atoms with van der Waals surface area (Å²) in [5, 5.41) is 0.633. The van der Waals surface area contributed by atoms with Crippen LogP contribution in [0.5, 0.6) is 5.75 Å². The van der Waals surface area contributed by atoms with E-state index < -0.39 is 0 Å². The second kappa shape index (κ2) is 11.0. The van der Waals surface area contributed by atoms with Gasteiger partial charge in [-0.3, -0.25) is 4.79 Å². The number of benzene rings is 1. The van der Waals surface area contributed by atoms with Gasteiger partial charge in [0.2, 0.25) is 0 Å². The Kier molecular flexibility index (Phi) is 7.85. The van der Waals surface area contributed by atoms with E-state index in [1.54, 1.807) is 6.07 Å². The van der Waals surface area contributed by atoms with Crippen molar-refractivity contribution < 1.29 is 9.15 Å². The highest BCUT2D eigenvalue weighted by molar-refractivity contribution is 5.78. The van der Waals surface area contributed by atoms with Crippen LogP contribution in [-0.4, -0.2) is 31.1 Å². The Morgan fingerprint density at radius 3 is 2.50 bits per heavy atom. The average molecular weight is 412 g/mol. The molecule has 1 aliphatic heterocycles. The van der Waals surface area contributed by atoms with Crippen LogP contribution in [0.15, 0.2) is 33.5 Å². The Bertz CT molecular complexity index is 847. The lowest BCUT2D eigenvalue weighted by atomic mass is 9.87. The lowest BCUT2D eigenvalue weighted by Crippen LogP contribution is -2.30. The van der Waals surface area contributed by atoms with Gasteiger partial charge in [-0.2, -0.15) is 0 Å². The SMILES string of the molecule is O=c1cc(C2CCCCC2)oc2ccc(OCCCCCCN3CCCCC3)cc12. The summed E-state index contributed by atoms with van der Waals surface area (Å²) in [6.07, 6.45) is 15.0. The van der Waals surface area contributed by atoms with Crippen molar-refractivity contribution >= 4 is 11.0 Å². The van der Waals surface area contributed by atoms with Crippen molar-refractivity contribution in [2.45, 2.75) is 83.0 Å². The number of rotatable bonds is 9. The van der Waals surface area contributed by atoms with Crippen LogP contribution in [0.3, 0.4) is 0 Å². The number of unbranched alkanes of at least 4 members (excludes halogenated alkanes) is 3. The van der Waals surface area contributed by atoms with Crippen LogP contribution < -0.4 is 10.2 Å². The zero-order valence-corrected chi connectivity index (χ0v) is 18.4. The molecule has 0 amide bonds. The van der Waals surface area contributed by atoms with Gasteiger partial charge in [-0.05, 0) is 76.4 Å². The van der Waals surface area contributed by atoms with E-state index in [0.717, 1.165) is 30.8 Å². The fourth-order valence-electron chi connectivity index (χ4n) is 5.00. The summed E-state index contributed by atoms with van der Waals surface area (Å²) >= 11 is 0. The van der Waals surface area contributed by atoms with Crippen LogP contribution in [-0.2, 0) is 0 Å². The molecular weight excluding hydrogens is 374 g/mol. The molecule has 1 saturated heterocycles. The molecule has 2 heterocycles. The largest absolute Gasteiger partial charge is 0.494 e. The molecule has 1 aliphatic carbocycles. The standard InChI is InChI=1S/C26H37NO3/c28-24-20-26(21-11-5-3-6-12-21)30-25-14-13-22(19-23(24)25)29-18-10-2-1-7-15-27-16-8-4-9-17-27/h13-14,19-21H,1-12,15-18H2. The van der Waals surface area contributed by atoms with Gasteiger partial charge in [0, 0.05) is 12.0 Å². The summed E-state index contributed by atoms with van der Waals surface area (Å²) in [5.41, 5.74) is 0.744. The monoisotopic (exact) mass is 411 g/mol. The van der Waals surface area contributed by atoms with Crippen LogP contribution in [0.4, 0.5) is 0 Å². The molecule has 1 saturated carbocycles. The third-order valence-corrected chi connectivity index (χ3v) is 6.81. The smallest absolute Gasteiger partial charge is 0.193 e. The summed E-state index contributed by atoms with van der Waals surface area (Å²) in [4.78, 5) is 15.3. The third kappa shape index (κ3) is 5.87. The molecule has 0 spiro atoms. The number of piperidine rings is 1. The predicted octanol–water partition coefficient (Wildman–Crippen LogP) is 6.27. The number of nitrogens with zero attached hydrogens (tertiary/aromatic N) is 1. The predicted molar refractivity (Wildman–Crippen MR) is 123 cm³/mol. The third-order valence-electron chi connectivity index (χ3n) is 6.81. The van der Waals surface area contributed by atoms with Gasteiger partial charge in [0.25, 0.3) is 0 Å². The van der Waals surface area contributed by atoms with Gasteiger partial charge in [-0.1, -0.05) is 38.5 Å². The van der Waals surface area contributed by atoms with E-state index >= 15 is 0 Å². The van der Waals surface area contributed by atoms with Crippen LogP contribution in [0.2, 0.25) is 0 Å². The van der Waals surface area contributed by atoms with Crippen molar-refractivity contribution in [1.82, 2.24) is 4.90 Å². The van der Waals surface area contributed by atoms with Gasteiger partial charge in [0.1, 0.15) is 17.1 Å². The van der Waals surface area contributed by atoms with Crippen LogP contribution in [0, 0.1) is 0 Å². The van der Waals surface area contributed by atoms with Gasteiger partial charge in [0.15, 0.2) is 5.43 Å². The van der Waals surface area contributed by atoms with E-state index in [1.807, 2.05) is 18.2 Å². The highest BCUT2D eigenvalue weighted by Gasteiger charge is 2.19. The first kappa shape index (κ1) is 21.4. The molecule has 0 bridgehead atoms. The maximum absolute atomic E-state index is 12.7. The number of likely N-dealkylation sites (tertiary alicyclic amines) is 1. The molecular formula is C26H37NO3. The molecule has 30 heavy (non-hydrogen) atoms. The molecule has 0 unspecified atom stereocenters. The molecule has 4 nitrogen and oxygen atoms in total. The lowest BCUT2D eigenvalue weighted by molar-refractivity contribution is 0.223. The molecule has 4 rings (SSSR count). The van der Waals surface area contributed by atoms with Crippen molar-refractivity contribution in [2.24, 2.45) is 0 Å². The molecule has 0 atom stereocenters. The van der Waals surface area contributed by atoms with E-state index in [2.05, 4.69) is 4.90 Å². The number of hydrogen-bond donors (Lipinski definition) is 0. The minimum atomic E-state index is 0.0555. The first-order chi connectivity index (χ1) is 14.8. The maximum atomic E-state index is 12.7. The number of hydrogen-bond acceptors (Lipinski definition) is 4. The molecule has 1 aromatic heterocycles. The van der Waals surface area contributed by atoms with Crippen molar-refractivity contribution in [3.63, 3.8) is 0 Å². The van der Waals surface area contributed by atoms with Gasteiger partial charge in [-0.25, -0.2) is 0 Å². The first-order valence-corrected chi connectivity index (χ1v) is 12.2. The van der Waals surface area contributed by atoms with E-state index in [4.69, 9.17) is 9.15 Å². The van der Waals surface area contributed by atoms with Crippen LogP contribution >= 0.6 is 0 Å². The Morgan fingerprint density at radius 2 is 1.67 bits per heavy atom. The highest BCUT2D eigenvalue weighted by Crippen LogP contribution is 2.33. The summed E-state index contributed by atoms with van der Waals surface area (Å²) in [7, 11) is 0. The van der Waals surface area contributed by atoms with E-state index in [1.165, 1.54) is 77.4 Å². The van der Waals surface area contributed by atoms with Gasteiger partial charge >= 0.3 is 0 Å². The fraction of sp³-hybridized carbons (Fsp3) is 0.654. The molecule has 2 aliphatic rings. The van der Waals surface area contributed by atoms with Crippen molar-refractivity contribution in [1.29, 1.82) is 0 Å². The van der Waals surface area contributed by atoms with Crippen LogP contribution in [0.25, 0.3) is 11.0 Å². The zero-order chi connectivity index (χ0) is 20.6. The highest BCUT2D eigenvalue weighted by atomic mass is 16.5. The maximum Gasteiger partial charge on any atom is 0.193 e. The summed E-state index contributed by atoms with van der Waals surface area (Å²) < 4.78 is 12.0. The Morgan fingerprint density at radius 1 is 0.900 bits per heavy atom. The summed E-state index contributed by atoms with van der Waals surface area (Å²) in [6.45, 7) is 4.55. The van der Waals surface area contributed by atoms with Gasteiger partial charge in [0.05, 0.1) is 12.0 Å². The summed E-state index contributed by atoms with van der Waals surface area (Å²) in [5.74, 6) is 2.04.